The smallest absolute Gasteiger partial charge is 0.269 e. The molecule has 120 valence electrons. The fourth-order valence-corrected chi connectivity index (χ4v) is 3.37. The summed E-state index contributed by atoms with van der Waals surface area (Å²) in [5.41, 5.74) is 2.70. The van der Waals surface area contributed by atoms with E-state index in [0.29, 0.717) is 25.1 Å². The van der Waals surface area contributed by atoms with E-state index in [4.69, 9.17) is 4.74 Å². The number of hydrogen-bond donors (Lipinski definition) is 3. The molecule has 1 atom stereocenters. The van der Waals surface area contributed by atoms with Gasteiger partial charge in [0, 0.05) is 6.42 Å². The first-order valence-corrected chi connectivity index (χ1v) is 7.93. The van der Waals surface area contributed by atoms with Crippen LogP contribution in [0.25, 0.3) is 0 Å². The highest BCUT2D eigenvalue weighted by Crippen LogP contribution is 2.39. The number of amides is 1. The molecule has 3 N–H and O–H groups in total. The summed E-state index contributed by atoms with van der Waals surface area (Å²) < 4.78 is 5.55. The number of aromatic nitrogens is 2. The number of fused-ring (bicyclic) bond motifs is 1. The molecule has 2 heterocycles. The van der Waals surface area contributed by atoms with E-state index in [1.807, 2.05) is 12.1 Å². The van der Waals surface area contributed by atoms with Crippen LogP contribution in [0.1, 0.15) is 40.5 Å². The van der Waals surface area contributed by atoms with Crippen molar-refractivity contribution in [2.24, 2.45) is 5.92 Å². The molecular weight excluding hydrogens is 294 g/mol. The number of carbonyl (C=O) groups is 1. The molecule has 0 radical (unpaired) electrons. The van der Waals surface area contributed by atoms with E-state index in [1.165, 1.54) is 18.1 Å². The van der Waals surface area contributed by atoms with E-state index < -0.39 is 0 Å². The zero-order valence-electron chi connectivity index (χ0n) is 12.7. The van der Waals surface area contributed by atoms with Crippen molar-refractivity contribution < 1.29 is 14.6 Å². The molecule has 4 rings (SSSR count). The molecule has 2 aromatic rings. The van der Waals surface area contributed by atoms with Crippen LogP contribution in [0, 0.1) is 5.92 Å². The topological polar surface area (TPSA) is 87.2 Å². The highest BCUT2D eigenvalue weighted by atomic mass is 16.5. The third kappa shape index (κ3) is 2.70. The number of imidazole rings is 1. The molecule has 1 aromatic carbocycles. The van der Waals surface area contributed by atoms with Gasteiger partial charge in [-0.05, 0) is 42.0 Å². The van der Waals surface area contributed by atoms with Gasteiger partial charge >= 0.3 is 0 Å². The van der Waals surface area contributed by atoms with Gasteiger partial charge in [0.05, 0.1) is 31.3 Å². The Balaban J connectivity index is 1.59. The number of carbonyl (C=O) groups excluding carboxylic acids is 1. The van der Waals surface area contributed by atoms with Crippen molar-refractivity contribution in [1.82, 2.24) is 15.3 Å². The minimum Gasteiger partial charge on any atom is -0.493 e. The summed E-state index contributed by atoms with van der Waals surface area (Å²) in [6, 6.07) is 5.99. The Bertz CT molecular complexity index is 708. The van der Waals surface area contributed by atoms with Crippen molar-refractivity contribution in [3.8, 4) is 5.75 Å². The van der Waals surface area contributed by atoms with Crippen LogP contribution in [0.15, 0.2) is 30.7 Å². The van der Waals surface area contributed by atoms with Gasteiger partial charge in [0.15, 0.2) is 0 Å². The molecule has 6 nitrogen and oxygen atoms in total. The Labute approximate surface area is 133 Å². The van der Waals surface area contributed by atoms with E-state index in [-0.39, 0.29) is 24.0 Å². The van der Waals surface area contributed by atoms with Gasteiger partial charge in [0.1, 0.15) is 11.4 Å². The Morgan fingerprint density at radius 3 is 3.04 bits per heavy atom. The number of rotatable bonds is 4. The van der Waals surface area contributed by atoms with Gasteiger partial charge < -0.3 is 20.1 Å². The predicted molar refractivity (Wildman–Crippen MR) is 83.2 cm³/mol. The summed E-state index contributed by atoms with van der Waals surface area (Å²) in [6.07, 6.45) is 5.06. The molecule has 1 fully saturated rings. The molecule has 0 spiro atoms. The summed E-state index contributed by atoms with van der Waals surface area (Å²) in [6.45, 7) is 0.714. The molecule has 23 heavy (non-hydrogen) atoms. The van der Waals surface area contributed by atoms with Crippen LogP contribution in [0.5, 0.6) is 5.75 Å². The molecule has 1 unspecified atom stereocenters. The molecular formula is C17H19N3O3. The minimum absolute atomic E-state index is 0.111. The molecule has 1 aliphatic heterocycles. The van der Waals surface area contributed by atoms with Gasteiger partial charge in [-0.2, -0.15) is 0 Å². The summed E-state index contributed by atoms with van der Waals surface area (Å²) >= 11 is 0. The van der Waals surface area contributed by atoms with Crippen LogP contribution in [0.3, 0.4) is 0 Å². The van der Waals surface area contributed by atoms with Gasteiger partial charge in [0.25, 0.3) is 5.91 Å². The number of benzene rings is 1. The van der Waals surface area contributed by atoms with Crippen LogP contribution in [0.2, 0.25) is 0 Å². The zero-order valence-corrected chi connectivity index (χ0v) is 12.7. The van der Waals surface area contributed by atoms with Gasteiger partial charge in [-0.1, -0.05) is 6.07 Å². The molecule has 1 amide bonds. The Kier molecular flexibility index (Phi) is 3.53. The van der Waals surface area contributed by atoms with Crippen LogP contribution in [0.4, 0.5) is 0 Å². The van der Waals surface area contributed by atoms with Gasteiger partial charge in [-0.25, -0.2) is 4.98 Å². The first-order valence-electron chi connectivity index (χ1n) is 7.93. The third-order valence-electron chi connectivity index (χ3n) is 4.72. The van der Waals surface area contributed by atoms with Crippen LogP contribution in [-0.4, -0.2) is 33.7 Å². The fourth-order valence-electron chi connectivity index (χ4n) is 3.37. The summed E-state index contributed by atoms with van der Waals surface area (Å²) in [4.78, 5) is 19.1. The number of aliphatic hydroxyl groups excluding tert-OH is 1. The first-order chi connectivity index (χ1) is 11.2. The molecule has 1 aliphatic carbocycles. The van der Waals surface area contributed by atoms with Gasteiger partial charge in [0.2, 0.25) is 0 Å². The molecule has 6 heteroatoms. The Hall–Kier alpha value is -2.34. The monoisotopic (exact) mass is 313 g/mol. The summed E-state index contributed by atoms with van der Waals surface area (Å²) in [5.74, 6) is 1.00. The second-order valence-electron chi connectivity index (χ2n) is 6.27. The lowest BCUT2D eigenvalue weighted by atomic mass is 9.75. The highest BCUT2D eigenvalue weighted by Gasteiger charge is 2.36. The average molecular weight is 313 g/mol. The van der Waals surface area contributed by atoms with Crippen molar-refractivity contribution >= 4 is 5.91 Å². The largest absolute Gasteiger partial charge is 0.493 e. The van der Waals surface area contributed by atoms with E-state index in [9.17, 15) is 9.90 Å². The number of aliphatic hydroxyl groups is 1. The fraction of sp³-hybridized carbons (Fsp3) is 0.412. The van der Waals surface area contributed by atoms with Crippen molar-refractivity contribution in [3.05, 3.63) is 47.5 Å². The zero-order chi connectivity index (χ0) is 15.8. The number of nitrogens with zero attached hydrogens (tertiary/aromatic N) is 1. The van der Waals surface area contributed by atoms with E-state index in [0.717, 1.165) is 17.7 Å². The summed E-state index contributed by atoms with van der Waals surface area (Å²) in [7, 11) is 0. The lowest BCUT2D eigenvalue weighted by molar-refractivity contribution is 0.0234. The number of ether oxygens (including phenoxy) is 1. The van der Waals surface area contributed by atoms with Crippen molar-refractivity contribution in [2.75, 3.05) is 6.61 Å². The minimum atomic E-state index is -0.260. The van der Waals surface area contributed by atoms with E-state index in [2.05, 4.69) is 21.4 Å². The second-order valence-corrected chi connectivity index (χ2v) is 6.27. The van der Waals surface area contributed by atoms with E-state index >= 15 is 0 Å². The van der Waals surface area contributed by atoms with Crippen molar-refractivity contribution in [2.45, 2.75) is 31.4 Å². The maximum absolute atomic E-state index is 12.4. The van der Waals surface area contributed by atoms with Crippen LogP contribution >= 0.6 is 0 Å². The quantitative estimate of drug-likeness (QED) is 0.800. The van der Waals surface area contributed by atoms with Crippen molar-refractivity contribution in [1.29, 1.82) is 0 Å². The average Bonchev–Trinajstić information content (AvgIpc) is 3.19. The molecule has 0 bridgehead atoms. The van der Waals surface area contributed by atoms with Crippen molar-refractivity contribution in [3.63, 3.8) is 0 Å². The Morgan fingerprint density at radius 2 is 2.30 bits per heavy atom. The molecule has 1 aromatic heterocycles. The van der Waals surface area contributed by atoms with Gasteiger partial charge in [-0.15, -0.1) is 0 Å². The molecule has 0 saturated heterocycles. The number of aromatic amines is 1. The molecule has 2 aliphatic rings. The number of hydrogen-bond acceptors (Lipinski definition) is 4. The number of nitrogens with one attached hydrogen (secondary N) is 2. The second kappa shape index (κ2) is 5.70. The van der Waals surface area contributed by atoms with Crippen LogP contribution < -0.4 is 10.1 Å². The normalized spacial score (nSPS) is 23.5. The highest BCUT2D eigenvalue weighted by molar-refractivity contribution is 5.92. The maximum Gasteiger partial charge on any atom is 0.269 e. The first kappa shape index (κ1) is 14.3. The number of H-pyrrole nitrogens is 1. The maximum atomic E-state index is 12.4. The van der Waals surface area contributed by atoms with E-state index in [1.54, 1.807) is 0 Å². The lowest BCUT2D eigenvalue weighted by Gasteiger charge is -2.38. The standard InChI is InChI=1S/C17H19N3O3/c21-13-6-12(7-13)16(20-17(22)14-8-18-9-19-14)11-1-2-15-10(5-11)3-4-23-15/h1-2,5,8-9,12-13,16,21H,3-4,6-7H2,(H,18,19)(H,20,22). The third-order valence-corrected chi connectivity index (χ3v) is 4.72. The lowest BCUT2D eigenvalue weighted by Crippen LogP contribution is -2.41. The van der Waals surface area contributed by atoms with Gasteiger partial charge in [-0.3, -0.25) is 4.79 Å². The SMILES string of the molecule is O=C(NC(c1ccc2c(c1)CCO2)C1CC(O)C1)c1cnc[nH]1. The van der Waals surface area contributed by atoms with Crippen LogP contribution in [-0.2, 0) is 6.42 Å². The summed E-state index contributed by atoms with van der Waals surface area (Å²) in [5, 5.41) is 12.7. The Morgan fingerprint density at radius 1 is 1.43 bits per heavy atom. The molecule has 1 saturated carbocycles. The predicted octanol–water partition coefficient (Wildman–Crippen LogP) is 1.59.